The van der Waals surface area contributed by atoms with Gasteiger partial charge in [0.15, 0.2) is 0 Å². The molecule has 1 atom stereocenters. The molecule has 0 aromatic carbocycles. The van der Waals surface area contributed by atoms with Gasteiger partial charge in [0, 0.05) is 23.7 Å². The minimum Gasteiger partial charge on any atom is -0.299 e. The van der Waals surface area contributed by atoms with Gasteiger partial charge in [0.05, 0.1) is 0 Å². The van der Waals surface area contributed by atoms with Gasteiger partial charge in [-0.3, -0.25) is 9.59 Å². The summed E-state index contributed by atoms with van der Waals surface area (Å²) in [6, 6.07) is 0. The largest absolute Gasteiger partial charge is 0.299 e. The summed E-state index contributed by atoms with van der Waals surface area (Å²) in [5.74, 6) is 0.529. The van der Waals surface area contributed by atoms with Crippen LogP contribution >= 0.6 is 0 Å². The zero-order valence-electron chi connectivity index (χ0n) is 11.8. The van der Waals surface area contributed by atoms with E-state index < -0.39 is 0 Å². The molecule has 0 aromatic heterocycles. The molecular weight excluding hydrogens is 200 g/mol. The zero-order valence-corrected chi connectivity index (χ0v) is 11.8. The van der Waals surface area contributed by atoms with Gasteiger partial charge < -0.3 is 0 Å². The van der Waals surface area contributed by atoms with Crippen LogP contribution in [0.2, 0.25) is 0 Å². The molecule has 0 saturated carbocycles. The fourth-order valence-corrected chi connectivity index (χ4v) is 1.60. The SMILES string of the molecule is CC(C)C(=O)C(CC(=O)C(C)(C)C)C(C)C. The van der Waals surface area contributed by atoms with Crippen molar-refractivity contribution in [2.24, 2.45) is 23.2 Å². The van der Waals surface area contributed by atoms with Crippen LogP contribution < -0.4 is 0 Å². The average Bonchev–Trinajstić information content (AvgIpc) is 2.10. The Labute approximate surface area is 99.8 Å². The quantitative estimate of drug-likeness (QED) is 0.719. The molecule has 16 heavy (non-hydrogen) atoms. The molecule has 94 valence electrons. The van der Waals surface area contributed by atoms with Gasteiger partial charge in [0.2, 0.25) is 0 Å². The summed E-state index contributed by atoms with van der Waals surface area (Å²) in [6.07, 6.45) is 0.387. The van der Waals surface area contributed by atoms with Crippen molar-refractivity contribution in [1.29, 1.82) is 0 Å². The van der Waals surface area contributed by atoms with Crippen LogP contribution in [0.1, 0.15) is 54.9 Å². The average molecular weight is 226 g/mol. The summed E-state index contributed by atoms with van der Waals surface area (Å²) < 4.78 is 0. The molecule has 0 fully saturated rings. The van der Waals surface area contributed by atoms with Crippen LogP contribution in [0.5, 0.6) is 0 Å². The normalized spacial score (nSPS) is 14.3. The molecular formula is C14H26O2. The Morgan fingerprint density at radius 2 is 1.44 bits per heavy atom. The highest BCUT2D eigenvalue weighted by atomic mass is 16.1. The van der Waals surface area contributed by atoms with Gasteiger partial charge in [0.1, 0.15) is 11.6 Å². The smallest absolute Gasteiger partial charge is 0.139 e. The van der Waals surface area contributed by atoms with Crippen LogP contribution in [-0.2, 0) is 9.59 Å². The van der Waals surface area contributed by atoms with Crippen molar-refractivity contribution >= 4 is 11.6 Å². The fraction of sp³-hybridized carbons (Fsp3) is 0.857. The van der Waals surface area contributed by atoms with Crippen LogP contribution in [0, 0.1) is 23.2 Å². The molecule has 0 aliphatic heterocycles. The number of hydrogen-bond donors (Lipinski definition) is 0. The molecule has 0 spiro atoms. The molecule has 0 aliphatic carbocycles. The van der Waals surface area contributed by atoms with E-state index in [0.29, 0.717) is 6.42 Å². The molecule has 0 heterocycles. The van der Waals surface area contributed by atoms with Gasteiger partial charge in [-0.15, -0.1) is 0 Å². The molecule has 0 bridgehead atoms. The molecule has 0 aromatic rings. The third-order valence-electron chi connectivity index (χ3n) is 2.98. The van der Waals surface area contributed by atoms with Gasteiger partial charge in [-0.05, 0) is 5.92 Å². The monoisotopic (exact) mass is 226 g/mol. The first-order valence-corrected chi connectivity index (χ1v) is 6.14. The standard InChI is InChI=1S/C14H26O2/c1-9(2)11(13(16)10(3)4)8-12(15)14(5,6)7/h9-11H,8H2,1-7H3. The summed E-state index contributed by atoms with van der Waals surface area (Å²) >= 11 is 0. The Bertz CT molecular complexity index is 256. The van der Waals surface area contributed by atoms with E-state index >= 15 is 0 Å². The molecule has 2 nitrogen and oxygen atoms in total. The maximum atomic E-state index is 12.0. The predicted octanol–water partition coefficient (Wildman–Crippen LogP) is 3.49. The predicted molar refractivity (Wildman–Crippen MR) is 67.3 cm³/mol. The molecule has 1 unspecified atom stereocenters. The summed E-state index contributed by atoms with van der Waals surface area (Å²) in [6.45, 7) is 13.6. The van der Waals surface area contributed by atoms with E-state index in [-0.39, 0.29) is 34.7 Å². The number of Topliss-reactive ketones (excluding diaryl/α,β-unsaturated/α-hetero) is 2. The first-order valence-electron chi connectivity index (χ1n) is 6.14. The fourth-order valence-electron chi connectivity index (χ4n) is 1.60. The highest BCUT2D eigenvalue weighted by molar-refractivity contribution is 5.91. The van der Waals surface area contributed by atoms with Crippen molar-refractivity contribution in [1.82, 2.24) is 0 Å². The van der Waals surface area contributed by atoms with E-state index in [2.05, 4.69) is 0 Å². The number of rotatable bonds is 5. The van der Waals surface area contributed by atoms with Crippen molar-refractivity contribution < 1.29 is 9.59 Å². The van der Waals surface area contributed by atoms with Gasteiger partial charge in [-0.1, -0.05) is 48.5 Å². The van der Waals surface area contributed by atoms with Crippen LogP contribution in [0.15, 0.2) is 0 Å². The lowest BCUT2D eigenvalue weighted by Gasteiger charge is -2.25. The number of hydrogen-bond acceptors (Lipinski definition) is 2. The van der Waals surface area contributed by atoms with Gasteiger partial charge in [-0.25, -0.2) is 0 Å². The number of ketones is 2. The van der Waals surface area contributed by atoms with E-state index in [1.807, 2.05) is 48.5 Å². The highest BCUT2D eigenvalue weighted by Gasteiger charge is 2.31. The molecule has 0 rings (SSSR count). The summed E-state index contributed by atoms with van der Waals surface area (Å²) in [7, 11) is 0. The first kappa shape index (κ1) is 15.3. The van der Waals surface area contributed by atoms with Crippen molar-refractivity contribution in [3.8, 4) is 0 Å². The Hall–Kier alpha value is -0.660. The Balaban J connectivity index is 4.72. The van der Waals surface area contributed by atoms with Crippen molar-refractivity contribution in [3.05, 3.63) is 0 Å². The van der Waals surface area contributed by atoms with Crippen LogP contribution in [0.3, 0.4) is 0 Å². The van der Waals surface area contributed by atoms with Crippen LogP contribution in [0.25, 0.3) is 0 Å². The first-order chi connectivity index (χ1) is 7.07. The lowest BCUT2D eigenvalue weighted by molar-refractivity contribution is -0.134. The molecule has 0 amide bonds. The van der Waals surface area contributed by atoms with E-state index in [9.17, 15) is 9.59 Å². The topological polar surface area (TPSA) is 34.1 Å². The molecule has 0 radical (unpaired) electrons. The second kappa shape index (κ2) is 5.60. The van der Waals surface area contributed by atoms with Crippen LogP contribution in [-0.4, -0.2) is 11.6 Å². The second-order valence-corrected chi connectivity index (χ2v) is 6.28. The number of carbonyl (C=O) groups excluding carboxylic acids is 2. The Morgan fingerprint density at radius 3 is 1.69 bits per heavy atom. The molecule has 0 N–H and O–H groups in total. The van der Waals surface area contributed by atoms with Gasteiger partial charge >= 0.3 is 0 Å². The van der Waals surface area contributed by atoms with Crippen molar-refractivity contribution in [2.75, 3.05) is 0 Å². The van der Waals surface area contributed by atoms with E-state index in [1.54, 1.807) is 0 Å². The summed E-state index contributed by atoms with van der Waals surface area (Å²) in [5, 5.41) is 0. The number of carbonyl (C=O) groups is 2. The molecule has 0 saturated heterocycles. The second-order valence-electron chi connectivity index (χ2n) is 6.28. The Morgan fingerprint density at radius 1 is 1.00 bits per heavy atom. The summed E-state index contributed by atoms with van der Waals surface area (Å²) in [5.41, 5.74) is -0.343. The maximum Gasteiger partial charge on any atom is 0.139 e. The minimum absolute atomic E-state index is 0.0140. The minimum atomic E-state index is -0.343. The lowest BCUT2D eigenvalue weighted by Crippen LogP contribution is -2.31. The van der Waals surface area contributed by atoms with Crippen LogP contribution in [0.4, 0.5) is 0 Å². The van der Waals surface area contributed by atoms with E-state index in [4.69, 9.17) is 0 Å². The molecule has 2 heteroatoms. The zero-order chi connectivity index (χ0) is 13.1. The van der Waals surface area contributed by atoms with E-state index in [1.165, 1.54) is 0 Å². The third kappa shape index (κ3) is 4.46. The van der Waals surface area contributed by atoms with Gasteiger partial charge in [0.25, 0.3) is 0 Å². The summed E-state index contributed by atoms with van der Waals surface area (Å²) in [4.78, 5) is 23.9. The third-order valence-corrected chi connectivity index (χ3v) is 2.98. The molecule has 0 aliphatic rings. The van der Waals surface area contributed by atoms with Gasteiger partial charge in [-0.2, -0.15) is 0 Å². The maximum absolute atomic E-state index is 12.0. The van der Waals surface area contributed by atoms with E-state index in [0.717, 1.165) is 0 Å². The van der Waals surface area contributed by atoms with Crippen molar-refractivity contribution in [2.45, 2.75) is 54.9 Å². The van der Waals surface area contributed by atoms with Crippen molar-refractivity contribution in [3.63, 3.8) is 0 Å². The lowest BCUT2D eigenvalue weighted by atomic mass is 9.78. The Kier molecular flexibility index (Phi) is 5.37. The highest BCUT2D eigenvalue weighted by Crippen LogP contribution is 2.26.